The Hall–Kier alpha value is -2.94. The highest BCUT2D eigenvalue weighted by molar-refractivity contribution is 7.25. The van der Waals surface area contributed by atoms with Gasteiger partial charge in [-0.05, 0) is 85.6 Å². The van der Waals surface area contributed by atoms with Gasteiger partial charge in [0.1, 0.15) is 13.1 Å². The number of nitrogens with zero attached hydrogens (tertiary/aromatic N) is 5. The molecular weight excluding hydrogens is 491 g/mol. The van der Waals surface area contributed by atoms with E-state index in [0.29, 0.717) is 6.04 Å². The van der Waals surface area contributed by atoms with Crippen LogP contribution in [0.25, 0.3) is 31.0 Å². The molecule has 5 aromatic rings. The fourth-order valence-corrected chi connectivity index (χ4v) is 7.88. The second-order valence-electron chi connectivity index (χ2n) is 8.71. The Morgan fingerprint density at radius 2 is 1.40 bits per heavy atom. The van der Waals surface area contributed by atoms with Gasteiger partial charge in [-0.1, -0.05) is 35.0 Å². The number of anilines is 2. The minimum atomic E-state index is 0.492. The largest absolute Gasteiger partial charge is 0.364 e. The molecule has 0 bridgehead atoms. The lowest BCUT2D eigenvalue weighted by molar-refractivity contribution is -0.713. The van der Waals surface area contributed by atoms with Crippen molar-refractivity contribution in [1.29, 1.82) is 0 Å². The first-order valence-electron chi connectivity index (χ1n) is 12.0. The van der Waals surface area contributed by atoms with E-state index in [4.69, 9.17) is 5.10 Å². The van der Waals surface area contributed by atoms with Crippen LogP contribution < -0.4 is 9.58 Å². The van der Waals surface area contributed by atoms with E-state index in [1.807, 2.05) is 41.9 Å². The Balaban J connectivity index is 1.36. The Kier molecular flexibility index (Phi) is 6.41. The first kappa shape index (κ1) is 22.5. The van der Waals surface area contributed by atoms with Crippen LogP contribution in [0.5, 0.6) is 0 Å². The molecule has 0 aromatic carbocycles. The minimum absolute atomic E-state index is 0.492. The molecule has 1 fully saturated rings. The van der Waals surface area contributed by atoms with Gasteiger partial charge in [-0.3, -0.25) is 9.97 Å². The first-order chi connectivity index (χ1) is 17.3. The number of rotatable bonds is 6. The summed E-state index contributed by atoms with van der Waals surface area (Å²) in [6.07, 6.45) is 10.0. The number of thiophene rings is 2. The highest BCUT2D eigenvalue weighted by Crippen LogP contribution is 2.43. The van der Waals surface area contributed by atoms with Crippen LogP contribution in [-0.2, 0) is 7.05 Å². The molecule has 35 heavy (non-hydrogen) atoms. The molecule has 0 atom stereocenters. The first-order valence-corrected chi connectivity index (χ1v) is 14.4. The number of aromatic nitrogens is 4. The lowest BCUT2D eigenvalue weighted by atomic mass is 9.94. The van der Waals surface area contributed by atoms with Crippen LogP contribution in [0.1, 0.15) is 32.1 Å². The van der Waals surface area contributed by atoms with Crippen LogP contribution in [0.4, 0.5) is 10.1 Å². The summed E-state index contributed by atoms with van der Waals surface area (Å²) >= 11 is 5.36. The van der Waals surface area contributed by atoms with Gasteiger partial charge >= 0.3 is 5.13 Å². The van der Waals surface area contributed by atoms with Gasteiger partial charge < -0.3 is 0 Å². The van der Waals surface area contributed by atoms with Crippen molar-refractivity contribution in [3.63, 3.8) is 0 Å². The quantitative estimate of drug-likeness (QED) is 0.221. The maximum absolute atomic E-state index is 4.97. The molecule has 0 spiro atoms. The lowest BCUT2D eigenvalue weighted by Crippen LogP contribution is -2.42. The second kappa shape index (κ2) is 9.97. The monoisotopic (exact) mass is 516 g/mol. The van der Waals surface area contributed by atoms with Crippen molar-refractivity contribution in [2.45, 2.75) is 38.1 Å². The van der Waals surface area contributed by atoms with Crippen LogP contribution >= 0.6 is 34.0 Å². The van der Waals surface area contributed by atoms with Crippen LogP contribution in [0, 0.1) is 0 Å². The van der Waals surface area contributed by atoms with Gasteiger partial charge in [0.15, 0.2) is 10.0 Å². The van der Waals surface area contributed by atoms with Crippen molar-refractivity contribution in [1.82, 2.24) is 15.1 Å². The van der Waals surface area contributed by atoms with E-state index in [2.05, 4.69) is 69.1 Å². The van der Waals surface area contributed by atoms with E-state index in [0.717, 1.165) is 16.4 Å². The highest BCUT2D eigenvalue weighted by atomic mass is 32.1. The maximum atomic E-state index is 4.97. The number of aryl methyl sites for hydroxylation is 1. The molecule has 8 heteroatoms. The van der Waals surface area contributed by atoms with Crippen LogP contribution in [0.3, 0.4) is 0 Å². The van der Waals surface area contributed by atoms with E-state index >= 15 is 0 Å². The predicted molar refractivity (Wildman–Crippen MR) is 146 cm³/mol. The van der Waals surface area contributed by atoms with Gasteiger partial charge in [0.25, 0.3) is 0 Å². The van der Waals surface area contributed by atoms with E-state index < -0.39 is 0 Å². The molecule has 0 saturated heterocycles. The number of hydrogen-bond donors (Lipinski definition) is 0. The summed E-state index contributed by atoms with van der Waals surface area (Å²) in [5, 5.41) is 8.48. The molecule has 5 heterocycles. The van der Waals surface area contributed by atoms with Gasteiger partial charge in [-0.25, -0.2) is 4.90 Å². The van der Waals surface area contributed by atoms with Crippen molar-refractivity contribution in [3.8, 4) is 31.0 Å². The zero-order chi connectivity index (χ0) is 23.6. The third kappa shape index (κ3) is 4.66. The Labute approximate surface area is 217 Å². The topological polar surface area (TPSA) is 45.8 Å². The normalized spacial score (nSPS) is 14.3. The molecule has 1 aliphatic carbocycles. The molecular formula is C27H26N5S3+. The molecule has 0 radical (unpaired) electrons. The van der Waals surface area contributed by atoms with Crippen molar-refractivity contribution >= 4 is 44.1 Å². The molecule has 0 amide bonds. The van der Waals surface area contributed by atoms with E-state index in [1.54, 1.807) is 22.7 Å². The molecule has 1 saturated carbocycles. The maximum Gasteiger partial charge on any atom is 0.364 e. The molecule has 6 rings (SSSR count). The van der Waals surface area contributed by atoms with Gasteiger partial charge in [-0.15, -0.1) is 16.0 Å². The molecule has 176 valence electrons. The van der Waals surface area contributed by atoms with Gasteiger partial charge in [0.2, 0.25) is 0 Å². The standard InChI is InChI=1S/C27H26N5S3/c1-31-27(35-26(30-31)24-14-13-22(33-24)20-11-5-7-17-28-20)32(19-9-3-2-4-10-19)25-16-15-23(34-25)21-12-6-8-18-29-21/h5-8,11-19H,2-4,9-10H2,1H3/q+1. The summed E-state index contributed by atoms with van der Waals surface area (Å²) < 4.78 is 2.06. The fourth-order valence-electron chi connectivity index (χ4n) is 4.63. The summed E-state index contributed by atoms with van der Waals surface area (Å²) in [6.45, 7) is 0. The Morgan fingerprint density at radius 3 is 2.09 bits per heavy atom. The molecule has 0 aliphatic heterocycles. The fraction of sp³-hybridized carbons (Fsp3) is 0.259. The summed E-state index contributed by atoms with van der Waals surface area (Å²) in [6, 6.07) is 21.4. The SMILES string of the molecule is C[n+]1nc(-c2ccc(-c3ccccn3)s2)sc1N(c1ccc(-c2ccccn2)s1)C1CCCCC1. The second-order valence-corrected chi connectivity index (χ2v) is 11.8. The molecule has 5 nitrogen and oxygen atoms in total. The summed E-state index contributed by atoms with van der Waals surface area (Å²) in [5.41, 5.74) is 2.04. The summed E-state index contributed by atoms with van der Waals surface area (Å²) in [5.74, 6) is 0. The number of hydrogen-bond acceptors (Lipinski definition) is 7. The van der Waals surface area contributed by atoms with Gasteiger partial charge in [0, 0.05) is 12.4 Å². The lowest BCUT2D eigenvalue weighted by Gasteiger charge is -2.27. The smallest absolute Gasteiger partial charge is 0.255 e. The average molecular weight is 517 g/mol. The van der Waals surface area contributed by atoms with Crippen molar-refractivity contribution in [2.24, 2.45) is 7.05 Å². The number of pyridine rings is 2. The molecule has 1 aliphatic rings. The summed E-state index contributed by atoms with van der Waals surface area (Å²) in [7, 11) is 2.08. The molecule has 0 unspecified atom stereocenters. The average Bonchev–Trinajstić information content (AvgIpc) is 3.67. The van der Waals surface area contributed by atoms with Crippen LogP contribution in [0.2, 0.25) is 0 Å². The van der Waals surface area contributed by atoms with E-state index in [9.17, 15) is 0 Å². The zero-order valence-corrected chi connectivity index (χ0v) is 22.0. The van der Waals surface area contributed by atoms with Crippen molar-refractivity contribution < 1.29 is 4.68 Å². The zero-order valence-electron chi connectivity index (χ0n) is 19.5. The third-order valence-corrected chi connectivity index (χ3v) is 9.82. The predicted octanol–water partition coefficient (Wildman–Crippen LogP) is 7.35. The van der Waals surface area contributed by atoms with Gasteiger partial charge in [-0.2, -0.15) is 0 Å². The highest BCUT2D eigenvalue weighted by Gasteiger charge is 2.35. The summed E-state index contributed by atoms with van der Waals surface area (Å²) in [4.78, 5) is 15.2. The minimum Gasteiger partial charge on any atom is -0.255 e. The van der Waals surface area contributed by atoms with Gasteiger partial charge in [0.05, 0.1) is 26.0 Å². The van der Waals surface area contributed by atoms with E-state index in [-0.39, 0.29) is 0 Å². The Bertz CT molecular complexity index is 1400. The molecule has 5 aromatic heterocycles. The van der Waals surface area contributed by atoms with Crippen LogP contribution in [0.15, 0.2) is 73.1 Å². The van der Waals surface area contributed by atoms with Crippen molar-refractivity contribution in [3.05, 3.63) is 73.1 Å². The van der Waals surface area contributed by atoms with E-state index in [1.165, 1.54) is 56.9 Å². The Morgan fingerprint density at radius 1 is 0.743 bits per heavy atom. The molecule has 0 N–H and O–H groups in total. The van der Waals surface area contributed by atoms with Crippen molar-refractivity contribution in [2.75, 3.05) is 4.90 Å². The van der Waals surface area contributed by atoms with Crippen LogP contribution in [-0.4, -0.2) is 21.1 Å². The third-order valence-electron chi connectivity index (χ3n) is 6.33.